The number of ether oxygens (including phenoxy) is 2. The van der Waals surface area contributed by atoms with E-state index in [1.165, 1.54) is 0 Å². The molecule has 0 aromatic carbocycles. The lowest BCUT2D eigenvalue weighted by atomic mass is 10.2. The number of methoxy groups -OCH3 is 1. The van der Waals surface area contributed by atoms with Crippen LogP contribution in [0.25, 0.3) is 0 Å². The maximum Gasteiger partial charge on any atom is 0.213 e. The van der Waals surface area contributed by atoms with Gasteiger partial charge in [-0.05, 0) is 19.4 Å². The van der Waals surface area contributed by atoms with Crippen molar-refractivity contribution in [3.63, 3.8) is 0 Å². The number of nitrogens with two attached hydrogens (primary N) is 1. The van der Waals surface area contributed by atoms with Gasteiger partial charge in [-0.25, -0.2) is 4.98 Å². The van der Waals surface area contributed by atoms with Gasteiger partial charge in [-0.3, -0.25) is 0 Å². The summed E-state index contributed by atoms with van der Waals surface area (Å²) in [5.74, 6) is 0.601. The zero-order chi connectivity index (χ0) is 11.3. The fourth-order valence-corrected chi connectivity index (χ4v) is 1.21. The minimum Gasteiger partial charge on any atom is -0.472 e. The minimum absolute atomic E-state index is 0.00273. The van der Waals surface area contributed by atoms with E-state index in [2.05, 4.69) is 4.98 Å². The summed E-state index contributed by atoms with van der Waals surface area (Å²) in [4.78, 5) is 4.16. The molecule has 0 radical (unpaired) electrons. The second kappa shape index (κ2) is 5.68. The predicted molar refractivity (Wildman–Crippen MR) is 58.8 cm³/mol. The number of hydrogen-bond donors (Lipinski definition) is 1. The molecule has 0 aliphatic heterocycles. The van der Waals surface area contributed by atoms with Gasteiger partial charge in [0.2, 0.25) is 5.88 Å². The third-order valence-electron chi connectivity index (χ3n) is 2.01. The largest absolute Gasteiger partial charge is 0.472 e. The first kappa shape index (κ1) is 11.9. The molecule has 4 heteroatoms. The normalized spacial score (nSPS) is 14.7. The van der Waals surface area contributed by atoms with E-state index in [9.17, 15) is 0 Å². The van der Waals surface area contributed by atoms with Crippen LogP contribution in [0.2, 0.25) is 0 Å². The zero-order valence-electron chi connectivity index (χ0n) is 9.43. The second-order valence-corrected chi connectivity index (χ2v) is 3.60. The van der Waals surface area contributed by atoms with Gasteiger partial charge in [0.15, 0.2) is 0 Å². The van der Waals surface area contributed by atoms with Crippen molar-refractivity contribution in [2.75, 3.05) is 13.7 Å². The Balaban J connectivity index is 2.56. The van der Waals surface area contributed by atoms with Crippen molar-refractivity contribution < 1.29 is 9.47 Å². The van der Waals surface area contributed by atoms with E-state index < -0.39 is 0 Å². The molecule has 2 N–H and O–H groups in total. The molecule has 4 nitrogen and oxygen atoms in total. The molecule has 15 heavy (non-hydrogen) atoms. The molecular weight excluding hydrogens is 192 g/mol. The van der Waals surface area contributed by atoms with Crippen molar-refractivity contribution >= 4 is 0 Å². The van der Waals surface area contributed by atoms with E-state index in [-0.39, 0.29) is 12.1 Å². The first-order chi connectivity index (χ1) is 7.13. The molecule has 0 amide bonds. The standard InChI is InChI=1S/C11H18N2O2/c1-8(7-14-3)15-11-5-4-10(6-13-11)9(2)12/h4-6,8-9H,7,12H2,1-3H3. The summed E-state index contributed by atoms with van der Waals surface area (Å²) < 4.78 is 10.5. The number of nitrogens with zero attached hydrogens (tertiary/aromatic N) is 1. The van der Waals surface area contributed by atoms with Gasteiger partial charge in [0.25, 0.3) is 0 Å². The van der Waals surface area contributed by atoms with Crippen LogP contribution >= 0.6 is 0 Å². The van der Waals surface area contributed by atoms with E-state index in [4.69, 9.17) is 15.2 Å². The number of hydrogen-bond acceptors (Lipinski definition) is 4. The Kier molecular flexibility index (Phi) is 4.52. The fourth-order valence-electron chi connectivity index (χ4n) is 1.21. The summed E-state index contributed by atoms with van der Waals surface area (Å²) >= 11 is 0. The summed E-state index contributed by atoms with van der Waals surface area (Å²) in [6.07, 6.45) is 1.74. The predicted octanol–water partition coefficient (Wildman–Crippen LogP) is 1.52. The highest BCUT2D eigenvalue weighted by Gasteiger charge is 2.05. The lowest BCUT2D eigenvalue weighted by molar-refractivity contribution is 0.0889. The molecule has 84 valence electrons. The van der Waals surface area contributed by atoms with E-state index in [1.807, 2.05) is 26.0 Å². The third kappa shape index (κ3) is 3.85. The Morgan fingerprint density at radius 2 is 2.13 bits per heavy atom. The molecule has 1 aromatic rings. The van der Waals surface area contributed by atoms with Gasteiger partial charge in [0.05, 0.1) is 6.61 Å². The first-order valence-electron chi connectivity index (χ1n) is 5.00. The summed E-state index contributed by atoms with van der Waals surface area (Å²) in [5.41, 5.74) is 6.71. The van der Waals surface area contributed by atoms with Gasteiger partial charge in [0.1, 0.15) is 6.10 Å². The van der Waals surface area contributed by atoms with Crippen LogP contribution in [0.5, 0.6) is 5.88 Å². The Hall–Kier alpha value is -1.13. The molecule has 1 rings (SSSR count). The Bertz CT molecular complexity index is 285. The molecule has 0 saturated carbocycles. The van der Waals surface area contributed by atoms with Gasteiger partial charge < -0.3 is 15.2 Å². The van der Waals surface area contributed by atoms with Crippen LogP contribution in [0.1, 0.15) is 25.5 Å². The summed E-state index contributed by atoms with van der Waals surface area (Å²) in [5, 5.41) is 0. The van der Waals surface area contributed by atoms with Crippen LogP contribution in [0, 0.1) is 0 Å². The van der Waals surface area contributed by atoms with Crippen LogP contribution in [0.3, 0.4) is 0 Å². The zero-order valence-corrected chi connectivity index (χ0v) is 9.43. The molecule has 1 aromatic heterocycles. The number of pyridine rings is 1. The molecular formula is C11H18N2O2. The van der Waals surface area contributed by atoms with Crippen molar-refractivity contribution in [3.05, 3.63) is 23.9 Å². The van der Waals surface area contributed by atoms with E-state index >= 15 is 0 Å². The van der Waals surface area contributed by atoms with Crippen molar-refractivity contribution in [2.45, 2.75) is 26.0 Å². The van der Waals surface area contributed by atoms with Gasteiger partial charge in [-0.1, -0.05) is 6.07 Å². The summed E-state index contributed by atoms with van der Waals surface area (Å²) in [6, 6.07) is 3.75. The molecule has 2 unspecified atom stereocenters. The van der Waals surface area contributed by atoms with Gasteiger partial charge in [-0.15, -0.1) is 0 Å². The SMILES string of the molecule is COCC(C)Oc1ccc(C(C)N)cn1. The van der Waals surface area contributed by atoms with Crippen molar-refractivity contribution in [2.24, 2.45) is 5.73 Å². The summed E-state index contributed by atoms with van der Waals surface area (Å²) in [7, 11) is 1.65. The molecule has 0 aliphatic rings. The molecule has 0 fully saturated rings. The van der Waals surface area contributed by atoms with Crippen molar-refractivity contribution in [3.8, 4) is 5.88 Å². The van der Waals surface area contributed by atoms with E-state index in [0.717, 1.165) is 5.56 Å². The highest BCUT2D eigenvalue weighted by Crippen LogP contribution is 2.13. The van der Waals surface area contributed by atoms with Crippen LogP contribution in [-0.4, -0.2) is 24.8 Å². The minimum atomic E-state index is 0.00273. The van der Waals surface area contributed by atoms with Gasteiger partial charge >= 0.3 is 0 Å². The highest BCUT2D eigenvalue weighted by molar-refractivity contribution is 5.20. The molecule has 0 bridgehead atoms. The lowest BCUT2D eigenvalue weighted by Crippen LogP contribution is -2.18. The summed E-state index contributed by atoms with van der Waals surface area (Å²) in [6.45, 7) is 4.41. The van der Waals surface area contributed by atoms with Crippen LogP contribution < -0.4 is 10.5 Å². The lowest BCUT2D eigenvalue weighted by Gasteiger charge is -2.13. The van der Waals surface area contributed by atoms with Crippen LogP contribution in [0.15, 0.2) is 18.3 Å². The van der Waals surface area contributed by atoms with Crippen LogP contribution in [0.4, 0.5) is 0 Å². The Labute approximate surface area is 90.4 Å². The molecule has 2 atom stereocenters. The average Bonchev–Trinajstić information content (AvgIpc) is 2.18. The van der Waals surface area contributed by atoms with Gasteiger partial charge in [-0.2, -0.15) is 0 Å². The maximum absolute atomic E-state index is 5.71. The fraction of sp³-hybridized carbons (Fsp3) is 0.545. The van der Waals surface area contributed by atoms with Crippen molar-refractivity contribution in [1.82, 2.24) is 4.98 Å². The monoisotopic (exact) mass is 210 g/mol. The topological polar surface area (TPSA) is 57.4 Å². The Morgan fingerprint density at radius 3 is 2.60 bits per heavy atom. The number of rotatable bonds is 5. The van der Waals surface area contributed by atoms with Crippen molar-refractivity contribution in [1.29, 1.82) is 0 Å². The Morgan fingerprint density at radius 1 is 1.40 bits per heavy atom. The van der Waals surface area contributed by atoms with E-state index in [0.29, 0.717) is 12.5 Å². The van der Waals surface area contributed by atoms with Crippen LogP contribution in [-0.2, 0) is 4.74 Å². The first-order valence-corrected chi connectivity index (χ1v) is 5.00. The maximum atomic E-state index is 5.71. The molecule has 0 spiro atoms. The average molecular weight is 210 g/mol. The molecule has 0 saturated heterocycles. The van der Waals surface area contributed by atoms with E-state index in [1.54, 1.807) is 13.3 Å². The smallest absolute Gasteiger partial charge is 0.213 e. The quantitative estimate of drug-likeness (QED) is 0.800. The molecule has 1 heterocycles. The van der Waals surface area contributed by atoms with Gasteiger partial charge in [0, 0.05) is 25.4 Å². The highest BCUT2D eigenvalue weighted by atomic mass is 16.5. The third-order valence-corrected chi connectivity index (χ3v) is 2.01. The molecule has 0 aliphatic carbocycles. The number of aromatic nitrogens is 1. The second-order valence-electron chi connectivity index (χ2n) is 3.60.